The molecule has 2 N–H and O–H groups in total. The Morgan fingerprint density at radius 2 is 1.91 bits per heavy atom. The zero-order valence-electron chi connectivity index (χ0n) is 18.7. The van der Waals surface area contributed by atoms with E-state index in [4.69, 9.17) is 19.6 Å². The van der Waals surface area contributed by atoms with Crippen LogP contribution in [-0.2, 0) is 29.1 Å². The normalized spacial score (nSPS) is 11.0. The number of rotatable bonds is 8. The predicted molar refractivity (Wildman–Crippen MR) is 125 cm³/mol. The lowest BCUT2D eigenvalue weighted by molar-refractivity contribution is -0.142. The summed E-state index contributed by atoms with van der Waals surface area (Å²) in [7, 11) is 0. The number of ether oxygens (including phenoxy) is 2. The molecule has 6 heteroatoms. The summed E-state index contributed by atoms with van der Waals surface area (Å²) in [6.45, 7) is 4.31. The Kier molecular flexibility index (Phi) is 6.75. The minimum absolute atomic E-state index is 0.118. The zero-order chi connectivity index (χ0) is 23.4. The van der Waals surface area contributed by atoms with Gasteiger partial charge in [0, 0.05) is 34.2 Å². The molecule has 0 aliphatic carbocycles. The largest absolute Gasteiger partial charge is 0.489 e. The topological polar surface area (TPSA) is 74.7 Å². The van der Waals surface area contributed by atoms with Crippen LogP contribution in [0.3, 0.4) is 0 Å². The van der Waals surface area contributed by atoms with Crippen molar-refractivity contribution in [1.29, 1.82) is 0 Å². The maximum absolute atomic E-state index is 15.3. The summed E-state index contributed by atoms with van der Waals surface area (Å²) in [5.74, 6) is -0.0411. The molecule has 0 saturated heterocycles. The van der Waals surface area contributed by atoms with Crippen LogP contribution in [0.15, 0.2) is 65.3 Å². The second kappa shape index (κ2) is 9.88. The molecule has 0 radical (unpaired) electrons. The number of halogens is 1. The van der Waals surface area contributed by atoms with Crippen molar-refractivity contribution in [2.24, 2.45) is 5.73 Å². The summed E-state index contributed by atoms with van der Waals surface area (Å²) in [4.78, 5) is 11.9. The van der Waals surface area contributed by atoms with Crippen LogP contribution in [0.1, 0.15) is 29.2 Å². The summed E-state index contributed by atoms with van der Waals surface area (Å²) >= 11 is 0. The molecule has 170 valence electrons. The van der Waals surface area contributed by atoms with E-state index in [1.54, 1.807) is 19.3 Å². The van der Waals surface area contributed by atoms with Crippen LogP contribution in [0.5, 0.6) is 5.75 Å². The van der Waals surface area contributed by atoms with Crippen molar-refractivity contribution in [2.45, 2.75) is 33.4 Å². The van der Waals surface area contributed by atoms with Gasteiger partial charge in [-0.2, -0.15) is 0 Å². The second-order valence-corrected chi connectivity index (χ2v) is 7.79. The van der Waals surface area contributed by atoms with Crippen molar-refractivity contribution >= 4 is 16.9 Å². The predicted octanol–water partition coefficient (Wildman–Crippen LogP) is 5.69. The molecule has 0 aliphatic heterocycles. The van der Waals surface area contributed by atoms with Gasteiger partial charge in [0.25, 0.3) is 0 Å². The van der Waals surface area contributed by atoms with Gasteiger partial charge in [0.2, 0.25) is 0 Å². The van der Waals surface area contributed by atoms with Gasteiger partial charge in [-0.3, -0.25) is 4.79 Å². The van der Waals surface area contributed by atoms with E-state index in [9.17, 15) is 4.79 Å². The molecule has 0 atom stereocenters. The first-order valence-corrected chi connectivity index (χ1v) is 10.9. The molecule has 4 rings (SSSR count). The lowest BCUT2D eigenvalue weighted by atomic mass is 9.96. The van der Waals surface area contributed by atoms with E-state index < -0.39 is 0 Å². The summed E-state index contributed by atoms with van der Waals surface area (Å²) in [5.41, 5.74) is 10.4. The number of nitrogens with two attached hydrogens (primary N) is 1. The van der Waals surface area contributed by atoms with Gasteiger partial charge in [-0.15, -0.1) is 0 Å². The number of aryl methyl sites for hydroxylation is 1. The Hall–Kier alpha value is -3.64. The number of para-hydroxylation sites is 1. The summed E-state index contributed by atoms with van der Waals surface area (Å²) < 4.78 is 32.1. The fraction of sp³-hybridized carbons (Fsp3) is 0.222. The van der Waals surface area contributed by atoms with Gasteiger partial charge in [0.1, 0.15) is 23.8 Å². The Morgan fingerprint density at radius 3 is 2.70 bits per heavy atom. The zero-order valence-corrected chi connectivity index (χ0v) is 18.7. The monoisotopic (exact) mass is 447 g/mol. The first kappa shape index (κ1) is 22.6. The van der Waals surface area contributed by atoms with Crippen LogP contribution >= 0.6 is 0 Å². The van der Waals surface area contributed by atoms with E-state index in [2.05, 4.69) is 0 Å². The molecule has 3 aromatic carbocycles. The minimum Gasteiger partial charge on any atom is -0.489 e. The highest BCUT2D eigenvalue weighted by Gasteiger charge is 2.17. The fourth-order valence-corrected chi connectivity index (χ4v) is 3.92. The third kappa shape index (κ3) is 4.76. The van der Waals surface area contributed by atoms with E-state index in [1.807, 2.05) is 55.5 Å². The SMILES string of the molecule is CCOC(=O)Cc1ccccc1OCc1cc(-c2ccc(C)c(CN)c2F)c2occc2c1. The van der Waals surface area contributed by atoms with Crippen LogP contribution in [0.2, 0.25) is 0 Å². The highest BCUT2D eigenvalue weighted by molar-refractivity contribution is 5.93. The van der Waals surface area contributed by atoms with Crippen LogP contribution in [-0.4, -0.2) is 12.6 Å². The molecule has 33 heavy (non-hydrogen) atoms. The van der Waals surface area contributed by atoms with E-state index in [1.165, 1.54) is 0 Å². The van der Waals surface area contributed by atoms with Crippen molar-refractivity contribution in [3.05, 3.63) is 88.9 Å². The quantitative estimate of drug-likeness (QED) is 0.351. The Morgan fingerprint density at radius 1 is 1.09 bits per heavy atom. The highest BCUT2D eigenvalue weighted by atomic mass is 19.1. The van der Waals surface area contributed by atoms with Crippen LogP contribution in [0.25, 0.3) is 22.1 Å². The number of esters is 1. The van der Waals surface area contributed by atoms with E-state index in [0.717, 1.165) is 22.1 Å². The average Bonchev–Trinajstić information content (AvgIpc) is 3.27. The van der Waals surface area contributed by atoms with Crippen LogP contribution < -0.4 is 10.5 Å². The van der Waals surface area contributed by atoms with Gasteiger partial charge >= 0.3 is 5.97 Å². The number of hydrogen-bond acceptors (Lipinski definition) is 5. The van der Waals surface area contributed by atoms with Crippen molar-refractivity contribution in [3.63, 3.8) is 0 Å². The van der Waals surface area contributed by atoms with Gasteiger partial charge in [-0.1, -0.05) is 30.3 Å². The van der Waals surface area contributed by atoms with Crippen LogP contribution in [0, 0.1) is 12.7 Å². The van der Waals surface area contributed by atoms with E-state index in [0.29, 0.717) is 34.6 Å². The Bertz CT molecular complexity index is 1290. The van der Waals surface area contributed by atoms with Crippen molar-refractivity contribution < 1.29 is 23.1 Å². The maximum atomic E-state index is 15.3. The Balaban J connectivity index is 1.66. The summed E-state index contributed by atoms with van der Waals surface area (Å²) in [6.07, 6.45) is 1.72. The van der Waals surface area contributed by atoms with Crippen molar-refractivity contribution in [3.8, 4) is 16.9 Å². The molecular weight excluding hydrogens is 421 g/mol. The standard InChI is InChI=1S/C27H26FNO4/c1-3-31-25(30)14-19-6-4-5-7-24(19)33-16-18-12-20-10-11-32-27(20)22(13-18)21-9-8-17(2)23(15-29)26(21)28/h4-13H,3,14-16,29H2,1-2H3. The molecule has 0 unspecified atom stereocenters. The second-order valence-electron chi connectivity index (χ2n) is 7.79. The molecule has 1 heterocycles. The molecule has 0 bridgehead atoms. The number of hydrogen-bond donors (Lipinski definition) is 1. The minimum atomic E-state index is -0.340. The number of benzene rings is 3. The summed E-state index contributed by atoms with van der Waals surface area (Å²) in [5, 5.41) is 0.847. The Labute approximate surface area is 191 Å². The highest BCUT2D eigenvalue weighted by Crippen LogP contribution is 2.35. The number of fused-ring (bicyclic) bond motifs is 1. The molecule has 4 aromatic rings. The van der Waals surface area contributed by atoms with E-state index in [-0.39, 0.29) is 31.4 Å². The molecule has 1 aromatic heterocycles. The lowest BCUT2D eigenvalue weighted by Crippen LogP contribution is -2.09. The average molecular weight is 448 g/mol. The van der Waals surface area contributed by atoms with Gasteiger partial charge in [0.15, 0.2) is 0 Å². The van der Waals surface area contributed by atoms with Crippen molar-refractivity contribution in [1.82, 2.24) is 0 Å². The third-order valence-corrected chi connectivity index (χ3v) is 5.59. The van der Waals surface area contributed by atoms with Crippen molar-refractivity contribution in [2.75, 3.05) is 6.61 Å². The number of furan rings is 1. The molecule has 0 fully saturated rings. The maximum Gasteiger partial charge on any atom is 0.310 e. The first-order chi connectivity index (χ1) is 16.0. The third-order valence-electron chi connectivity index (χ3n) is 5.59. The molecule has 5 nitrogen and oxygen atoms in total. The van der Waals surface area contributed by atoms with Gasteiger partial charge in [0.05, 0.1) is 19.3 Å². The van der Waals surface area contributed by atoms with Gasteiger partial charge in [-0.05, 0) is 49.2 Å². The molecular formula is C27H26FNO4. The molecule has 0 aliphatic rings. The van der Waals surface area contributed by atoms with E-state index >= 15 is 4.39 Å². The molecule has 0 spiro atoms. The molecule has 0 saturated carbocycles. The summed E-state index contributed by atoms with van der Waals surface area (Å²) in [6, 6.07) is 16.6. The molecule has 0 amide bonds. The van der Waals surface area contributed by atoms with Gasteiger partial charge < -0.3 is 19.6 Å². The first-order valence-electron chi connectivity index (χ1n) is 10.9. The van der Waals surface area contributed by atoms with Crippen LogP contribution in [0.4, 0.5) is 4.39 Å². The van der Waals surface area contributed by atoms with Gasteiger partial charge in [-0.25, -0.2) is 4.39 Å². The number of carbonyl (C=O) groups excluding carboxylic acids is 1. The fourth-order valence-electron chi connectivity index (χ4n) is 3.92. The smallest absolute Gasteiger partial charge is 0.310 e. The lowest BCUT2D eigenvalue weighted by Gasteiger charge is -2.14. The number of carbonyl (C=O) groups is 1.